The highest BCUT2D eigenvalue weighted by Gasteiger charge is 2.18. The minimum Gasteiger partial charge on any atom is -0.348 e. The van der Waals surface area contributed by atoms with E-state index in [2.05, 4.69) is 20.6 Å². The molecule has 0 unspecified atom stereocenters. The van der Waals surface area contributed by atoms with Crippen molar-refractivity contribution >= 4 is 29.0 Å². The van der Waals surface area contributed by atoms with Gasteiger partial charge >= 0.3 is 0 Å². The Morgan fingerprint density at radius 2 is 2.00 bits per heavy atom. The Hall–Kier alpha value is -2.14. The summed E-state index contributed by atoms with van der Waals surface area (Å²) >= 11 is 5.95. The maximum atomic E-state index is 12.1. The maximum absolute atomic E-state index is 12.1. The molecule has 1 aliphatic rings. The van der Waals surface area contributed by atoms with Crippen LogP contribution in [0.2, 0.25) is 5.02 Å². The van der Waals surface area contributed by atoms with Gasteiger partial charge in [0.15, 0.2) is 0 Å². The lowest BCUT2D eigenvalue weighted by atomic mass is 10.2. The van der Waals surface area contributed by atoms with Gasteiger partial charge in [-0.25, -0.2) is 9.97 Å². The van der Waals surface area contributed by atoms with E-state index in [9.17, 15) is 4.79 Å². The van der Waals surface area contributed by atoms with Gasteiger partial charge in [0, 0.05) is 16.8 Å². The van der Waals surface area contributed by atoms with Crippen LogP contribution >= 0.6 is 11.6 Å². The first-order chi connectivity index (χ1) is 11.1. The minimum absolute atomic E-state index is 0.154. The third-order valence-electron chi connectivity index (χ3n) is 4.03. The van der Waals surface area contributed by atoms with E-state index in [4.69, 9.17) is 11.6 Å². The Balaban J connectivity index is 1.65. The fourth-order valence-electron chi connectivity index (χ4n) is 2.74. The van der Waals surface area contributed by atoms with E-state index in [0.29, 0.717) is 16.5 Å². The number of anilines is 2. The van der Waals surface area contributed by atoms with Crippen LogP contribution in [0.1, 0.15) is 41.7 Å². The van der Waals surface area contributed by atoms with E-state index in [1.807, 2.05) is 25.1 Å². The lowest BCUT2D eigenvalue weighted by molar-refractivity contribution is 0.0932. The number of nitrogens with one attached hydrogen (secondary N) is 2. The lowest BCUT2D eigenvalue weighted by Gasteiger charge is -2.12. The van der Waals surface area contributed by atoms with Crippen LogP contribution in [-0.4, -0.2) is 21.9 Å². The average Bonchev–Trinajstić information content (AvgIpc) is 3.04. The molecular weight excluding hydrogens is 312 g/mol. The number of carbonyl (C=O) groups is 1. The van der Waals surface area contributed by atoms with Gasteiger partial charge in [-0.1, -0.05) is 24.4 Å². The van der Waals surface area contributed by atoms with E-state index in [0.717, 1.165) is 24.1 Å². The molecule has 1 heterocycles. The van der Waals surface area contributed by atoms with Crippen molar-refractivity contribution in [3.63, 3.8) is 0 Å². The summed E-state index contributed by atoms with van der Waals surface area (Å²) in [6, 6.07) is 5.85. The van der Waals surface area contributed by atoms with Crippen molar-refractivity contribution in [2.45, 2.75) is 38.6 Å². The molecule has 1 amide bonds. The van der Waals surface area contributed by atoms with Gasteiger partial charge in [0.05, 0.1) is 12.4 Å². The normalized spacial score (nSPS) is 14.7. The summed E-state index contributed by atoms with van der Waals surface area (Å²) in [5.74, 6) is 0.437. The molecule has 0 spiro atoms. The van der Waals surface area contributed by atoms with Crippen LogP contribution in [0.25, 0.3) is 0 Å². The van der Waals surface area contributed by atoms with Crippen molar-refractivity contribution in [2.24, 2.45) is 0 Å². The molecule has 1 aromatic heterocycles. The number of nitrogens with zero attached hydrogens (tertiary/aromatic N) is 2. The smallest absolute Gasteiger partial charge is 0.271 e. The van der Waals surface area contributed by atoms with Crippen molar-refractivity contribution in [2.75, 3.05) is 5.32 Å². The monoisotopic (exact) mass is 330 g/mol. The number of aromatic nitrogens is 2. The van der Waals surface area contributed by atoms with E-state index >= 15 is 0 Å². The molecular formula is C17H19ClN4O. The van der Waals surface area contributed by atoms with Gasteiger partial charge in [-0.05, 0) is 43.5 Å². The van der Waals surface area contributed by atoms with Gasteiger partial charge in [0.25, 0.3) is 5.91 Å². The standard InChI is InChI=1S/C17H19ClN4O/c1-11-8-12(18)6-7-14(11)22-16-10-19-15(9-20-16)17(23)21-13-4-2-3-5-13/h6-10,13H,2-5H2,1H3,(H,20,22)(H,21,23). The Morgan fingerprint density at radius 3 is 2.65 bits per heavy atom. The summed E-state index contributed by atoms with van der Waals surface area (Å²) in [7, 11) is 0. The number of hydrogen-bond donors (Lipinski definition) is 2. The summed E-state index contributed by atoms with van der Waals surface area (Å²) in [5.41, 5.74) is 2.27. The largest absolute Gasteiger partial charge is 0.348 e. The predicted molar refractivity (Wildman–Crippen MR) is 91.2 cm³/mol. The van der Waals surface area contributed by atoms with Crippen LogP contribution in [0.3, 0.4) is 0 Å². The van der Waals surface area contributed by atoms with Gasteiger partial charge in [-0.2, -0.15) is 0 Å². The molecule has 0 bridgehead atoms. The molecule has 0 aliphatic heterocycles. The second-order valence-corrected chi connectivity index (χ2v) is 6.26. The molecule has 120 valence electrons. The zero-order chi connectivity index (χ0) is 16.2. The van der Waals surface area contributed by atoms with Crippen LogP contribution in [0.15, 0.2) is 30.6 Å². The molecule has 6 heteroatoms. The molecule has 1 fully saturated rings. The molecule has 1 saturated carbocycles. The van der Waals surface area contributed by atoms with Gasteiger partial charge in [0.1, 0.15) is 11.5 Å². The quantitative estimate of drug-likeness (QED) is 0.893. The average molecular weight is 331 g/mol. The number of rotatable bonds is 4. The molecule has 1 aliphatic carbocycles. The maximum Gasteiger partial charge on any atom is 0.271 e. The first kappa shape index (κ1) is 15.7. The number of amides is 1. The van der Waals surface area contributed by atoms with Gasteiger partial charge < -0.3 is 10.6 Å². The summed E-state index contributed by atoms with van der Waals surface area (Å²) < 4.78 is 0. The molecule has 2 N–H and O–H groups in total. The molecule has 0 radical (unpaired) electrons. The number of halogens is 1. The van der Waals surface area contributed by atoms with E-state index < -0.39 is 0 Å². The molecule has 3 rings (SSSR count). The third-order valence-corrected chi connectivity index (χ3v) is 4.26. The highest BCUT2D eigenvalue weighted by Crippen LogP contribution is 2.22. The Kier molecular flexibility index (Phi) is 4.76. The summed E-state index contributed by atoms with van der Waals surface area (Å²) in [4.78, 5) is 20.6. The van der Waals surface area contributed by atoms with Crippen LogP contribution in [-0.2, 0) is 0 Å². The number of carbonyl (C=O) groups excluding carboxylic acids is 1. The second kappa shape index (κ2) is 6.96. The Labute approximate surface area is 140 Å². The second-order valence-electron chi connectivity index (χ2n) is 5.83. The molecule has 23 heavy (non-hydrogen) atoms. The van der Waals surface area contributed by atoms with E-state index in [-0.39, 0.29) is 11.9 Å². The fourth-order valence-corrected chi connectivity index (χ4v) is 2.97. The zero-order valence-electron chi connectivity index (χ0n) is 13.0. The van der Waals surface area contributed by atoms with Crippen molar-refractivity contribution in [1.29, 1.82) is 0 Å². The molecule has 5 nitrogen and oxygen atoms in total. The van der Waals surface area contributed by atoms with Crippen LogP contribution in [0.4, 0.5) is 11.5 Å². The Bertz CT molecular complexity index is 696. The van der Waals surface area contributed by atoms with Gasteiger partial charge in [-0.3, -0.25) is 4.79 Å². The fraction of sp³-hybridized carbons (Fsp3) is 0.353. The summed E-state index contributed by atoms with van der Waals surface area (Å²) in [6.07, 6.45) is 7.53. The van der Waals surface area contributed by atoms with Gasteiger partial charge in [0.2, 0.25) is 0 Å². The molecule has 0 atom stereocenters. The topological polar surface area (TPSA) is 66.9 Å². The van der Waals surface area contributed by atoms with Crippen molar-refractivity contribution in [3.8, 4) is 0 Å². The number of benzene rings is 1. The molecule has 0 saturated heterocycles. The van der Waals surface area contributed by atoms with Crippen molar-refractivity contribution < 1.29 is 4.79 Å². The van der Waals surface area contributed by atoms with Crippen LogP contribution in [0, 0.1) is 6.92 Å². The predicted octanol–water partition coefficient (Wildman–Crippen LogP) is 3.85. The third kappa shape index (κ3) is 3.99. The highest BCUT2D eigenvalue weighted by molar-refractivity contribution is 6.30. The minimum atomic E-state index is -0.154. The first-order valence-corrected chi connectivity index (χ1v) is 8.16. The first-order valence-electron chi connectivity index (χ1n) is 7.78. The molecule has 2 aromatic rings. The molecule has 1 aromatic carbocycles. The summed E-state index contributed by atoms with van der Waals surface area (Å²) in [5, 5.41) is 6.87. The van der Waals surface area contributed by atoms with Crippen LogP contribution < -0.4 is 10.6 Å². The van der Waals surface area contributed by atoms with Crippen molar-refractivity contribution in [3.05, 3.63) is 46.9 Å². The Morgan fingerprint density at radius 1 is 1.22 bits per heavy atom. The van der Waals surface area contributed by atoms with E-state index in [1.165, 1.54) is 19.0 Å². The highest BCUT2D eigenvalue weighted by atomic mass is 35.5. The van der Waals surface area contributed by atoms with Crippen LogP contribution in [0.5, 0.6) is 0 Å². The lowest BCUT2D eigenvalue weighted by Crippen LogP contribution is -2.33. The van der Waals surface area contributed by atoms with E-state index in [1.54, 1.807) is 6.20 Å². The summed E-state index contributed by atoms with van der Waals surface area (Å²) in [6.45, 7) is 1.96. The SMILES string of the molecule is Cc1cc(Cl)ccc1Nc1cnc(C(=O)NC2CCCC2)cn1. The number of hydrogen-bond acceptors (Lipinski definition) is 4. The zero-order valence-corrected chi connectivity index (χ0v) is 13.7. The van der Waals surface area contributed by atoms with Gasteiger partial charge in [-0.15, -0.1) is 0 Å². The number of aryl methyl sites for hydroxylation is 1. The van der Waals surface area contributed by atoms with Crippen molar-refractivity contribution in [1.82, 2.24) is 15.3 Å².